The molecule has 0 amide bonds. The van der Waals surface area contributed by atoms with Gasteiger partial charge in [0.2, 0.25) is 5.76 Å². The number of benzene rings is 1. The van der Waals surface area contributed by atoms with Crippen LogP contribution in [0.3, 0.4) is 0 Å². The first kappa shape index (κ1) is 17.5. The minimum Gasteiger partial charge on any atom is -0.463 e. The van der Waals surface area contributed by atoms with E-state index in [1.165, 1.54) is 17.6 Å². The van der Waals surface area contributed by atoms with E-state index >= 15 is 0 Å². The molecule has 2 heterocycles. The predicted octanol–water partition coefficient (Wildman–Crippen LogP) is 0.0630. The topological polar surface area (TPSA) is 48.3 Å². The van der Waals surface area contributed by atoms with Crippen LogP contribution in [0.1, 0.15) is 21.9 Å². The summed E-state index contributed by atoms with van der Waals surface area (Å²) in [5, 5.41) is 0. The van der Waals surface area contributed by atoms with Crippen molar-refractivity contribution in [1.29, 1.82) is 0 Å². The molecular weight excluding hydrogens is 316 g/mol. The van der Waals surface area contributed by atoms with E-state index in [1.807, 2.05) is 12.1 Å². The second-order valence-corrected chi connectivity index (χ2v) is 6.45. The van der Waals surface area contributed by atoms with Gasteiger partial charge in [0, 0.05) is 0 Å². The fourth-order valence-electron chi connectivity index (χ4n) is 3.19. The number of carbonyl (C=O) groups is 1. The van der Waals surface area contributed by atoms with Crippen molar-refractivity contribution in [2.45, 2.75) is 6.54 Å². The average Bonchev–Trinajstić information content (AvgIpc) is 3.12. The van der Waals surface area contributed by atoms with Crippen LogP contribution in [0.2, 0.25) is 0 Å². The second-order valence-electron chi connectivity index (χ2n) is 6.45. The largest absolute Gasteiger partial charge is 0.463 e. The molecule has 2 N–H and O–H groups in total. The number of carbonyl (C=O) groups excluding carboxylic acids is 1. The van der Waals surface area contributed by atoms with E-state index in [9.17, 15) is 4.79 Å². The number of methoxy groups -OCH3 is 1. The summed E-state index contributed by atoms with van der Waals surface area (Å²) in [5.74, 6) is 0.718. The maximum atomic E-state index is 11.4. The molecule has 3 rings (SSSR count). The molecule has 1 aromatic heterocycles. The van der Waals surface area contributed by atoms with Crippen molar-refractivity contribution in [1.82, 2.24) is 0 Å². The van der Waals surface area contributed by atoms with Gasteiger partial charge < -0.3 is 19.0 Å². The van der Waals surface area contributed by atoms with Crippen LogP contribution >= 0.6 is 0 Å². The Balaban J connectivity index is 1.42. The van der Waals surface area contributed by atoms with Gasteiger partial charge in [0.15, 0.2) is 5.76 Å². The fourth-order valence-corrected chi connectivity index (χ4v) is 3.19. The third-order valence-corrected chi connectivity index (χ3v) is 4.65. The molecule has 0 spiro atoms. The SMILES string of the molecule is COC(=O)c1ccc(C[NH+]2CC[NH+](C/C=C/c3ccccc3)CC2)o1. The lowest BCUT2D eigenvalue weighted by Gasteiger charge is -2.28. The number of quaternary nitrogens is 2. The number of ether oxygens (including phenoxy) is 1. The molecule has 5 heteroatoms. The molecule has 2 aromatic rings. The predicted molar refractivity (Wildman–Crippen MR) is 95.5 cm³/mol. The molecule has 0 unspecified atom stereocenters. The van der Waals surface area contributed by atoms with Crippen molar-refractivity contribution in [3.8, 4) is 0 Å². The maximum Gasteiger partial charge on any atom is 0.373 e. The number of esters is 1. The van der Waals surface area contributed by atoms with Crippen molar-refractivity contribution < 1.29 is 23.7 Å². The summed E-state index contributed by atoms with van der Waals surface area (Å²) in [5.41, 5.74) is 1.25. The van der Waals surface area contributed by atoms with Crippen LogP contribution in [-0.4, -0.2) is 45.8 Å². The zero-order valence-corrected chi connectivity index (χ0v) is 14.7. The Morgan fingerprint density at radius 3 is 2.52 bits per heavy atom. The van der Waals surface area contributed by atoms with Crippen molar-refractivity contribution in [3.63, 3.8) is 0 Å². The van der Waals surface area contributed by atoms with E-state index in [-0.39, 0.29) is 5.76 Å². The Hall–Kier alpha value is -2.37. The van der Waals surface area contributed by atoms with Gasteiger partial charge in [0.25, 0.3) is 0 Å². The molecule has 5 nitrogen and oxygen atoms in total. The maximum absolute atomic E-state index is 11.4. The Bertz CT molecular complexity index is 701. The highest BCUT2D eigenvalue weighted by Crippen LogP contribution is 2.07. The van der Waals surface area contributed by atoms with Crippen molar-refractivity contribution in [2.24, 2.45) is 0 Å². The average molecular weight is 342 g/mol. The van der Waals surface area contributed by atoms with Crippen molar-refractivity contribution >= 4 is 12.0 Å². The van der Waals surface area contributed by atoms with Gasteiger partial charge in [-0.05, 0) is 23.8 Å². The van der Waals surface area contributed by atoms with Gasteiger partial charge in [-0.15, -0.1) is 0 Å². The van der Waals surface area contributed by atoms with Crippen LogP contribution in [0.4, 0.5) is 0 Å². The first-order valence-corrected chi connectivity index (χ1v) is 8.80. The summed E-state index contributed by atoms with van der Waals surface area (Å²) in [7, 11) is 1.37. The first-order chi connectivity index (χ1) is 12.2. The number of piperazine rings is 1. The molecule has 1 aliphatic rings. The van der Waals surface area contributed by atoms with Crippen LogP contribution in [0.5, 0.6) is 0 Å². The Labute approximate surface area is 148 Å². The molecular formula is C20H26N2O3+2. The van der Waals surface area contributed by atoms with Gasteiger partial charge in [-0.1, -0.05) is 36.4 Å². The standard InChI is InChI=1S/C20H24N2O3/c1-24-20(23)19-10-9-18(25-19)16-22-14-12-21(13-15-22)11-5-8-17-6-3-2-4-7-17/h2-10H,11-16H2,1H3/p+2/b8-5+. The highest BCUT2D eigenvalue weighted by atomic mass is 16.5. The summed E-state index contributed by atoms with van der Waals surface area (Å²) < 4.78 is 10.2. The van der Waals surface area contributed by atoms with Gasteiger partial charge in [-0.2, -0.15) is 0 Å². The first-order valence-electron chi connectivity index (χ1n) is 8.80. The third kappa shape index (κ3) is 5.05. The summed E-state index contributed by atoms with van der Waals surface area (Å²) in [6, 6.07) is 14.0. The highest BCUT2D eigenvalue weighted by molar-refractivity contribution is 5.86. The van der Waals surface area contributed by atoms with Crippen LogP contribution in [0.25, 0.3) is 6.08 Å². The molecule has 1 saturated heterocycles. The van der Waals surface area contributed by atoms with E-state index < -0.39 is 5.97 Å². The Morgan fingerprint density at radius 1 is 1.08 bits per heavy atom. The summed E-state index contributed by atoms with van der Waals surface area (Å²) in [6.45, 7) is 6.42. The molecule has 1 aliphatic heterocycles. The highest BCUT2D eigenvalue weighted by Gasteiger charge is 2.23. The smallest absolute Gasteiger partial charge is 0.373 e. The van der Waals surface area contributed by atoms with Crippen LogP contribution in [0.15, 0.2) is 53.0 Å². The van der Waals surface area contributed by atoms with Crippen molar-refractivity contribution in [3.05, 3.63) is 65.6 Å². The molecule has 0 radical (unpaired) electrons. The Kier molecular flexibility index (Phi) is 6.04. The van der Waals surface area contributed by atoms with E-state index in [0.717, 1.165) is 45.0 Å². The van der Waals surface area contributed by atoms with Gasteiger partial charge in [-0.3, -0.25) is 0 Å². The minimum absolute atomic E-state index is 0.284. The monoisotopic (exact) mass is 342 g/mol. The molecule has 0 saturated carbocycles. The van der Waals surface area contributed by atoms with Crippen LogP contribution in [-0.2, 0) is 11.3 Å². The number of furan rings is 1. The zero-order chi connectivity index (χ0) is 17.5. The van der Waals surface area contributed by atoms with E-state index in [4.69, 9.17) is 4.42 Å². The number of hydrogen-bond donors (Lipinski definition) is 2. The van der Waals surface area contributed by atoms with Gasteiger partial charge >= 0.3 is 5.97 Å². The van der Waals surface area contributed by atoms with Gasteiger partial charge in [-0.25, -0.2) is 4.79 Å². The van der Waals surface area contributed by atoms with Crippen LogP contribution in [0, 0.1) is 0 Å². The fraction of sp³-hybridized carbons (Fsp3) is 0.350. The minimum atomic E-state index is -0.416. The Morgan fingerprint density at radius 2 is 1.80 bits per heavy atom. The van der Waals surface area contributed by atoms with Gasteiger partial charge in [0.1, 0.15) is 32.7 Å². The number of nitrogens with one attached hydrogen (secondary N) is 2. The normalized spacial score (nSPS) is 20.7. The second kappa shape index (κ2) is 8.65. The zero-order valence-electron chi connectivity index (χ0n) is 14.7. The molecule has 0 aliphatic carbocycles. The molecule has 132 valence electrons. The molecule has 1 aromatic carbocycles. The number of hydrogen-bond acceptors (Lipinski definition) is 3. The lowest BCUT2D eigenvalue weighted by molar-refractivity contribution is -1.02. The van der Waals surface area contributed by atoms with E-state index in [2.05, 4.69) is 41.2 Å². The molecule has 0 bridgehead atoms. The lowest BCUT2D eigenvalue weighted by Crippen LogP contribution is -3.27. The van der Waals surface area contributed by atoms with E-state index in [1.54, 1.807) is 11.0 Å². The summed E-state index contributed by atoms with van der Waals surface area (Å²) in [6.07, 6.45) is 4.47. The van der Waals surface area contributed by atoms with Crippen molar-refractivity contribution in [2.75, 3.05) is 39.8 Å². The summed E-state index contributed by atoms with van der Waals surface area (Å²) >= 11 is 0. The van der Waals surface area contributed by atoms with E-state index in [0.29, 0.717) is 0 Å². The number of rotatable bonds is 6. The molecule has 1 fully saturated rings. The molecule has 25 heavy (non-hydrogen) atoms. The third-order valence-electron chi connectivity index (χ3n) is 4.65. The van der Waals surface area contributed by atoms with Crippen LogP contribution < -0.4 is 9.80 Å². The lowest BCUT2D eigenvalue weighted by atomic mass is 10.2. The molecule has 0 atom stereocenters. The van der Waals surface area contributed by atoms with Gasteiger partial charge in [0.05, 0.1) is 13.7 Å². The quantitative estimate of drug-likeness (QED) is 0.730. The summed E-state index contributed by atoms with van der Waals surface area (Å²) in [4.78, 5) is 14.6.